The summed E-state index contributed by atoms with van der Waals surface area (Å²) in [5, 5.41) is 12.0. The molecule has 1 atom stereocenters. The number of hydrogen-bond donors (Lipinski definition) is 1. The number of rotatable bonds is 2. The molecule has 26 heavy (non-hydrogen) atoms. The van der Waals surface area contributed by atoms with Gasteiger partial charge in [-0.3, -0.25) is 4.79 Å². The second-order valence-electron chi connectivity index (χ2n) is 6.95. The van der Waals surface area contributed by atoms with E-state index in [1.54, 1.807) is 6.20 Å². The Hall–Kier alpha value is -2.61. The van der Waals surface area contributed by atoms with Crippen LogP contribution in [-0.4, -0.2) is 60.7 Å². The lowest BCUT2D eigenvalue weighted by Gasteiger charge is -2.37. The lowest BCUT2D eigenvalue weighted by Crippen LogP contribution is -2.45. The molecule has 2 aliphatic heterocycles. The Labute approximate surface area is 149 Å². The van der Waals surface area contributed by atoms with Crippen molar-refractivity contribution in [1.29, 1.82) is 0 Å². The molecule has 0 spiro atoms. The van der Waals surface area contributed by atoms with Gasteiger partial charge in [-0.25, -0.2) is 4.39 Å². The van der Waals surface area contributed by atoms with E-state index in [9.17, 15) is 4.79 Å². The summed E-state index contributed by atoms with van der Waals surface area (Å²) in [6.07, 6.45) is 2.73. The molecule has 2 aromatic rings. The highest BCUT2D eigenvalue weighted by atomic mass is 19.1. The van der Waals surface area contributed by atoms with Crippen LogP contribution in [0.2, 0.25) is 0 Å². The Morgan fingerprint density at radius 1 is 1.35 bits per heavy atom. The maximum Gasteiger partial charge on any atom is 0.198 e. The standard InChI is InChI=1S/C18H21FN4O3/c1-11-10-26-18-15-13(17(24)12(8-20-25)9-23(11)15)7-14(19)16(18)22-5-3-21(2)4-6-22/h7-9,11,25H,3-6,10H2,1-2H3/b20-8+/t11-/m0/s1. The van der Waals surface area contributed by atoms with Gasteiger partial charge in [0.15, 0.2) is 17.0 Å². The topological polar surface area (TPSA) is 70.3 Å². The van der Waals surface area contributed by atoms with Crippen LogP contribution in [0.25, 0.3) is 10.9 Å². The van der Waals surface area contributed by atoms with Gasteiger partial charge in [0.25, 0.3) is 0 Å². The minimum atomic E-state index is -0.464. The van der Waals surface area contributed by atoms with E-state index < -0.39 is 5.82 Å². The number of oxime groups is 1. The van der Waals surface area contributed by atoms with Crippen LogP contribution in [-0.2, 0) is 0 Å². The molecular weight excluding hydrogens is 339 g/mol. The minimum Gasteiger partial charge on any atom is -0.487 e. The Morgan fingerprint density at radius 3 is 2.77 bits per heavy atom. The third kappa shape index (κ3) is 2.52. The van der Waals surface area contributed by atoms with E-state index in [-0.39, 0.29) is 22.4 Å². The van der Waals surface area contributed by atoms with Crippen LogP contribution in [0, 0.1) is 5.82 Å². The van der Waals surface area contributed by atoms with Crippen molar-refractivity contribution in [2.45, 2.75) is 13.0 Å². The summed E-state index contributed by atoms with van der Waals surface area (Å²) >= 11 is 0. The largest absolute Gasteiger partial charge is 0.487 e. The van der Waals surface area contributed by atoms with E-state index in [2.05, 4.69) is 10.1 Å². The van der Waals surface area contributed by atoms with Gasteiger partial charge in [-0.15, -0.1) is 0 Å². The molecule has 4 rings (SSSR count). The van der Waals surface area contributed by atoms with Gasteiger partial charge < -0.3 is 24.3 Å². The molecule has 3 heterocycles. The highest BCUT2D eigenvalue weighted by Crippen LogP contribution is 2.41. The molecule has 0 unspecified atom stereocenters. The predicted molar refractivity (Wildman–Crippen MR) is 97.5 cm³/mol. The van der Waals surface area contributed by atoms with Crippen molar-refractivity contribution in [2.75, 3.05) is 44.7 Å². The lowest BCUT2D eigenvalue weighted by atomic mass is 10.1. The van der Waals surface area contributed by atoms with Gasteiger partial charge >= 0.3 is 0 Å². The molecule has 7 nitrogen and oxygen atoms in total. The number of piperazine rings is 1. The first kappa shape index (κ1) is 16.8. The number of likely N-dealkylation sites (N-methyl/N-ethyl adjacent to an activating group) is 1. The van der Waals surface area contributed by atoms with E-state index in [0.717, 1.165) is 19.3 Å². The number of aromatic nitrogens is 1. The third-order valence-corrected chi connectivity index (χ3v) is 5.19. The zero-order valence-electron chi connectivity index (χ0n) is 14.8. The number of pyridine rings is 1. The highest BCUT2D eigenvalue weighted by Gasteiger charge is 2.29. The van der Waals surface area contributed by atoms with Crippen LogP contribution in [0.3, 0.4) is 0 Å². The van der Waals surface area contributed by atoms with Gasteiger partial charge in [-0.2, -0.15) is 0 Å². The summed E-state index contributed by atoms with van der Waals surface area (Å²) in [5.74, 6) is -0.0411. The fourth-order valence-corrected chi connectivity index (χ4v) is 3.71. The molecule has 0 bridgehead atoms. The average Bonchev–Trinajstić information content (AvgIpc) is 2.62. The molecule has 0 radical (unpaired) electrons. The van der Waals surface area contributed by atoms with Gasteiger partial charge in [-0.1, -0.05) is 5.16 Å². The Bertz CT molecular complexity index is 948. The molecule has 8 heteroatoms. The van der Waals surface area contributed by atoms with Crippen molar-refractivity contribution in [3.8, 4) is 5.75 Å². The van der Waals surface area contributed by atoms with Crippen molar-refractivity contribution < 1.29 is 14.3 Å². The van der Waals surface area contributed by atoms with Crippen molar-refractivity contribution in [1.82, 2.24) is 9.47 Å². The number of hydrogen-bond acceptors (Lipinski definition) is 6. The van der Waals surface area contributed by atoms with E-state index >= 15 is 4.39 Å². The Balaban J connectivity index is 1.99. The molecule has 1 fully saturated rings. The number of halogens is 1. The SMILES string of the molecule is C[C@H]1COc2c(N3CCN(C)CC3)c(F)cc3c(=O)c(/C=N/O)cn1c23. The van der Waals surface area contributed by atoms with Crippen molar-refractivity contribution in [3.63, 3.8) is 0 Å². The van der Waals surface area contributed by atoms with E-state index in [4.69, 9.17) is 9.94 Å². The van der Waals surface area contributed by atoms with Gasteiger partial charge in [0, 0.05) is 32.4 Å². The molecule has 1 aromatic heterocycles. The molecule has 1 saturated heterocycles. The zero-order chi connectivity index (χ0) is 18.4. The maximum absolute atomic E-state index is 15.0. The summed E-state index contributed by atoms with van der Waals surface area (Å²) in [4.78, 5) is 16.9. The first-order valence-corrected chi connectivity index (χ1v) is 8.66. The first-order chi connectivity index (χ1) is 12.5. The van der Waals surface area contributed by atoms with Gasteiger partial charge in [0.1, 0.15) is 12.3 Å². The predicted octanol–water partition coefficient (Wildman–Crippen LogP) is 1.65. The molecule has 0 aliphatic carbocycles. The third-order valence-electron chi connectivity index (χ3n) is 5.19. The van der Waals surface area contributed by atoms with Gasteiger partial charge in [-0.05, 0) is 20.0 Å². The lowest BCUT2D eigenvalue weighted by molar-refractivity contribution is 0.245. The quantitative estimate of drug-likeness (QED) is 0.501. The smallest absolute Gasteiger partial charge is 0.198 e. The van der Waals surface area contributed by atoms with Crippen LogP contribution < -0.4 is 15.1 Å². The second-order valence-corrected chi connectivity index (χ2v) is 6.95. The summed E-state index contributed by atoms with van der Waals surface area (Å²) in [7, 11) is 2.04. The fourth-order valence-electron chi connectivity index (χ4n) is 3.71. The van der Waals surface area contributed by atoms with Crippen LogP contribution >= 0.6 is 0 Å². The molecule has 138 valence electrons. The summed E-state index contributed by atoms with van der Waals surface area (Å²) in [5.41, 5.74) is 0.858. The number of ether oxygens (including phenoxy) is 1. The summed E-state index contributed by atoms with van der Waals surface area (Å²) in [6.45, 7) is 5.42. The zero-order valence-corrected chi connectivity index (χ0v) is 14.8. The van der Waals surface area contributed by atoms with Gasteiger partial charge in [0.05, 0.1) is 28.7 Å². The number of benzene rings is 1. The van der Waals surface area contributed by atoms with E-state index in [1.165, 1.54) is 6.07 Å². The normalized spacial score (nSPS) is 20.7. The van der Waals surface area contributed by atoms with Crippen LogP contribution in [0.4, 0.5) is 10.1 Å². The summed E-state index contributed by atoms with van der Waals surface area (Å²) in [6, 6.07) is 1.25. The number of nitrogens with zero attached hydrogens (tertiary/aromatic N) is 4. The minimum absolute atomic E-state index is 0.0257. The Kier molecular flexibility index (Phi) is 4.07. The molecule has 0 amide bonds. The highest BCUT2D eigenvalue weighted by molar-refractivity contribution is 5.95. The molecular formula is C18H21FN4O3. The molecule has 2 aliphatic rings. The van der Waals surface area contributed by atoms with Crippen LogP contribution in [0.1, 0.15) is 18.5 Å². The number of anilines is 1. The fraction of sp³-hybridized carbons (Fsp3) is 0.444. The summed E-state index contributed by atoms with van der Waals surface area (Å²) < 4.78 is 22.9. The van der Waals surface area contributed by atoms with E-state index in [1.807, 2.05) is 23.4 Å². The molecule has 1 N–H and O–H groups in total. The van der Waals surface area contributed by atoms with Gasteiger partial charge in [0.2, 0.25) is 0 Å². The van der Waals surface area contributed by atoms with Crippen molar-refractivity contribution >= 4 is 22.8 Å². The Morgan fingerprint density at radius 2 is 2.08 bits per heavy atom. The second kappa shape index (κ2) is 6.28. The van der Waals surface area contributed by atoms with Crippen molar-refractivity contribution in [2.24, 2.45) is 5.16 Å². The molecule has 0 saturated carbocycles. The monoisotopic (exact) mass is 360 g/mol. The van der Waals surface area contributed by atoms with Crippen LogP contribution in [0.5, 0.6) is 5.75 Å². The maximum atomic E-state index is 15.0. The van der Waals surface area contributed by atoms with Crippen LogP contribution in [0.15, 0.2) is 22.2 Å². The van der Waals surface area contributed by atoms with Crippen molar-refractivity contribution in [3.05, 3.63) is 33.9 Å². The van der Waals surface area contributed by atoms with E-state index in [0.29, 0.717) is 36.6 Å². The average molecular weight is 360 g/mol. The molecule has 1 aromatic carbocycles. The first-order valence-electron chi connectivity index (χ1n) is 8.66.